The van der Waals surface area contributed by atoms with E-state index in [2.05, 4.69) is 42.2 Å². The van der Waals surface area contributed by atoms with Gasteiger partial charge in [0.15, 0.2) is 0 Å². The molecular weight excluding hydrogens is 282 g/mol. The molecule has 0 aromatic heterocycles. The van der Waals surface area contributed by atoms with Crippen LogP contribution in [0.1, 0.15) is 56.6 Å². The van der Waals surface area contributed by atoms with E-state index in [0.717, 1.165) is 6.42 Å². The van der Waals surface area contributed by atoms with E-state index in [-0.39, 0.29) is 6.10 Å². The van der Waals surface area contributed by atoms with Crippen LogP contribution in [0, 0.1) is 5.92 Å². The van der Waals surface area contributed by atoms with Crippen LogP contribution in [-0.4, -0.2) is 35.7 Å². The van der Waals surface area contributed by atoms with E-state index in [1.54, 1.807) is 5.57 Å². The number of hydrogen-bond acceptors (Lipinski definition) is 2. The minimum atomic E-state index is -0.153. The molecule has 3 rings (SSSR count). The number of nitrogens with zero attached hydrogens (tertiary/aromatic N) is 1. The van der Waals surface area contributed by atoms with E-state index in [4.69, 9.17) is 0 Å². The van der Waals surface area contributed by atoms with Crippen molar-refractivity contribution in [2.75, 3.05) is 19.6 Å². The first kappa shape index (κ1) is 16.7. The summed E-state index contributed by atoms with van der Waals surface area (Å²) in [4.78, 5) is 2.52. The molecule has 0 bridgehead atoms. The lowest BCUT2D eigenvalue weighted by Gasteiger charge is -2.26. The SMILES string of the molecule is CCN1CCC(=Cc2ccc(CC(O)C3CCCC3)cc2)CC1. The lowest BCUT2D eigenvalue weighted by atomic mass is 9.94. The summed E-state index contributed by atoms with van der Waals surface area (Å²) < 4.78 is 0. The predicted octanol–water partition coefficient (Wildman–Crippen LogP) is 4.28. The lowest BCUT2D eigenvalue weighted by Crippen LogP contribution is -2.30. The van der Waals surface area contributed by atoms with E-state index < -0.39 is 0 Å². The molecule has 1 aliphatic heterocycles. The summed E-state index contributed by atoms with van der Waals surface area (Å²) in [5.74, 6) is 0.528. The van der Waals surface area contributed by atoms with Crippen LogP contribution in [0.25, 0.3) is 6.08 Å². The van der Waals surface area contributed by atoms with Gasteiger partial charge < -0.3 is 10.0 Å². The monoisotopic (exact) mass is 313 g/mol. The van der Waals surface area contributed by atoms with Gasteiger partial charge in [0.1, 0.15) is 0 Å². The summed E-state index contributed by atoms with van der Waals surface area (Å²) in [5, 5.41) is 10.4. The summed E-state index contributed by atoms with van der Waals surface area (Å²) >= 11 is 0. The van der Waals surface area contributed by atoms with Gasteiger partial charge in [0.2, 0.25) is 0 Å². The number of likely N-dealkylation sites (tertiary alicyclic amines) is 1. The lowest BCUT2D eigenvalue weighted by molar-refractivity contribution is 0.111. The fourth-order valence-corrected chi connectivity index (χ4v) is 4.04. The Balaban J connectivity index is 1.54. The number of aliphatic hydroxyl groups is 1. The Hall–Kier alpha value is -1.12. The summed E-state index contributed by atoms with van der Waals surface area (Å²) in [5.41, 5.74) is 4.16. The van der Waals surface area contributed by atoms with Gasteiger partial charge in [-0.25, -0.2) is 0 Å². The fourth-order valence-electron chi connectivity index (χ4n) is 4.04. The molecule has 1 N–H and O–H groups in total. The van der Waals surface area contributed by atoms with Crippen molar-refractivity contribution in [3.8, 4) is 0 Å². The van der Waals surface area contributed by atoms with Crippen LogP contribution in [0.3, 0.4) is 0 Å². The first-order chi connectivity index (χ1) is 11.2. The molecule has 1 aliphatic carbocycles. The van der Waals surface area contributed by atoms with Crippen molar-refractivity contribution in [1.82, 2.24) is 4.90 Å². The van der Waals surface area contributed by atoms with E-state index in [9.17, 15) is 5.11 Å². The molecule has 1 heterocycles. The summed E-state index contributed by atoms with van der Waals surface area (Å²) in [6, 6.07) is 8.84. The molecule has 2 nitrogen and oxygen atoms in total. The third-order valence-corrected chi connectivity index (χ3v) is 5.68. The second kappa shape index (κ2) is 8.12. The molecule has 1 atom stereocenters. The molecule has 1 saturated heterocycles. The van der Waals surface area contributed by atoms with E-state index in [1.165, 1.54) is 69.3 Å². The maximum absolute atomic E-state index is 10.4. The molecule has 126 valence electrons. The minimum absolute atomic E-state index is 0.153. The Morgan fingerprint density at radius 2 is 1.78 bits per heavy atom. The number of aliphatic hydroxyl groups excluding tert-OH is 1. The van der Waals surface area contributed by atoms with Crippen molar-refractivity contribution in [1.29, 1.82) is 0 Å². The van der Waals surface area contributed by atoms with E-state index in [0.29, 0.717) is 5.92 Å². The van der Waals surface area contributed by atoms with Crippen LogP contribution in [-0.2, 0) is 6.42 Å². The Morgan fingerprint density at radius 3 is 2.39 bits per heavy atom. The van der Waals surface area contributed by atoms with E-state index >= 15 is 0 Å². The minimum Gasteiger partial charge on any atom is -0.392 e. The highest BCUT2D eigenvalue weighted by Crippen LogP contribution is 2.29. The van der Waals surface area contributed by atoms with Crippen molar-refractivity contribution in [2.45, 2.75) is 58.0 Å². The van der Waals surface area contributed by atoms with Gasteiger partial charge in [-0.15, -0.1) is 0 Å². The first-order valence-corrected chi connectivity index (χ1v) is 9.43. The van der Waals surface area contributed by atoms with Gasteiger partial charge in [0.05, 0.1) is 6.10 Å². The second-order valence-corrected chi connectivity index (χ2v) is 7.29. The average Bonchev–Trinajstić information content (AvgIpc) is 3.12. The Labute approximate surface area is 141 Å². The zero-order chi connectivity index (χ0) is 16.1. The Morgan fingerprint density at radius 1 is 1.13 bits per heavy atom. The molecule has 1 aromatic rings. The topological polar surface area (TPSA) is 23.5 Å². The molecule has 2 heteroatoms. The van der Waals surface area contributed by atoms with Gasteiger partial charge in [-0.05, 0) is 55.7 Å². The third kappa shape index (κ3) is 4.68. The van der Waals surface area contributed by atoms with Gasteiger partial charge in [0, 0.05) is 13.1 Å². The van der Waals surface area contributed by atoms with Gasteiger partial charge in [-0.1, -0.05) is 55.7 Å². The van der Waals surface area contributed by atoms with Gasteiger partial charge >= 0.3 is 0 Å². The summed E-state index contributed by atoms with van der Waals surface area (Å²) in [7, 11) is 0. The maximum atomic E-state index is 10.4. The highest BCUT2D eigenvalue weighted by Gasteiger charge is 2.23. The molecule has 2 aliphatic rings. The molecule has 0 amide bonds. The number of rotatable bonds is 5. The number of piperidine rings is 1. The second-order valence-electron chi connectivity index (χ2n) is 7.29. The van der Waals surface area contributed by atoms with Crippen molar-refractivity contribution in [2.24, 2.45) is 5.92 Å². The van der Waals surface area contributed by atoms with Gasteiger partial charge in [-0.2, -0.15) is 0 Å². The van der Waals surface area contributed by atoms with Crippen LogP contribution in [0.2, 0.25) is 0 Å². The largest absolute Gasteiger partial charge is 0.392 e. The Kier molecular flexibility index (Phi) is 5.91. The summed E-state index contributed by atoms with van der Waals surface area (Å²) in [6.45, 7) is 5.82. The number of benzene rings is 1. The van der Waals surface area contributed by atoms with Crippen LogP contribution in [0.5, 0.6) is 0 Å². The highest BCUT2D eigenvalue weighted by molar-refractivity contribution is 5.53. The molecule has 2 fully saturated rings. The highest BCUT2D eigenvalue weighted by atomic mass is 16.3. The third-order valence-electron chi connectivity index (χ3n) is 5.68. The fraction of sp³-hybridized carbons (Fsp3) is 0.619. The van der Waals surface area contributed by atoms with Gasteiger partial charge in [-0.3, -0.25) is 0 Å². The molecule has 1 saturated carbocycles. The Bertz CT molecular complexity index is 503. The van der Waals surface area contributed by atoms with Crippen LogP contribution >= 0.6 is 0 Å². The van der Waals surface area contributed by atoms with Gasteiger partial charge in [0.25, 0.3) is 0 Å². The smallest absolute Gasteiger partial charge is 0.0608 e. The first-order valence-electron chi connectivity index (χ1n) is 9.43. The summed E-state index contributed by atoms with van der Waals surface area (Å²) in [6.07, 6.45) is 10.4. The zero-order valence-electron chi connectivity index (χ0n) is 14.5. The molecule has 0 radical (unpaired) electrons. The normalized spacial score (nSPS) is 21.6. The van der Waals surface area contributed by atoms with Crippen molar-refractivity contribution < 1.29 is 5.11 Å². The van der Waals surface area contributed by atoms with Crippen LogP contribution < -0.4 is 0 Å². The quantitative estimate of drug-likeness (QED) is 0.877. The molecular formula is C21H31NO. The number of hydrogen-bond donors (Lipinski definition) is 1. The standard InChI is InChI=1S/C21H31NO/c1-2-22-13-11-19(12-14-22)15-17-7-9-18(10-8-17)16-21(23)20-5-3-4-6-20/h7-10,15,20-21,23H,2-6,11-14,16H2,1H3. The van der Waals surface area contributed by atoms with Crippen LogP contribution in [0.4, 0.5) is 0 Å². The van der Waals surface area contributed by atoms with Crippen molar-refractivity contribution in [3.63, 3.8) is 0 Å². The molecule has 1 aromatic carbocycles. The molecule has 1 unspecified atom stereocenters. The predicted molar refractivity (Wildman–Crippen MR) is 97.4 cm³/mol. The average molecular weight is 313 g/mol. The zero-order valence-corrected chi connectivity index (χ0v) is 14.5. The maximum Gasteiger partial charge on any atom is 0.0608 e. The van der Waals surface area contributed by atoms with Crippen LogP contribution in [0.15, 0.2) is 29.8 Å². The van der Waals surface area contributed by atoms with E-state index in [1.807, 2.05) is 0 Å². The van der Waals surface area contributed by atoms with Crippen molar-refractivity contribution in [3.05, 3.63) is 41.0 Å². The molecule has 0 spiro atoms. The van der Waals surface area contributed by atoms with Crippen molar-refractivity contribution >= 4 is 6.08 Å². The molecule has 23 heavy (non-hydrogen) atoms.